The monoisotopic (exact) mass is 424 g/mol. The van der Waals surface area contributed by atoms with Crippen LogP contribution >= 0.6 is 0 Å². The Morgan fingerprint density at radius 2 is 0.935 bits per heavy atom. The number of benzene rings is 3. The van der Waals surface area contributed by atoms with Crippen LogP contribution in [0.1, 0.15) is 16.7 Å². The number of rotatable bonds is 10. The molecule has 0 radical (unpaired) electrons. The molecule has 0 spiro atoms. The topological polar surface area (TPSA) is 110 Å². The van der Waals surface area contributed by atoms with Gasteiger partial charge in [-0.15, -0.1) is 0 Å². The van der Waals surface area contributed by atoms with Crippen molar-refractivity contribution in [3.05, 3.63) is 108 Å². The molecule has 4 atom stereocenters. The molecule has 0 aliphatic rings. The summed E-state index contributed by atoms with van der Waals surface area (Å²) < 4.78 is 6.37. The molecular weight excluding hydrogens is 396 g/mol. The van der Waals surface area contributed by atoms with Crippen molar-refractivity contribution in [2.45, 2.75) is 30.0 Å². The second-order valence-electron chi connectivity index (χ2n) is 7.39. The lowest BCUT2D eigenvalue weighted by molar-refractivity contribution is -0.140. The average molecular weight is 424 g/mol. The van der Waals surface area contributed by atoms with Gasteiger partial charge in [-0.3, -0.25) is 0 Å². The molecule has 0 aliphatic heterocycles. The van der Waals surface area contributed by atoms with Gasteiger partial charge in [0, 0.05) is 0 Å². The van der Waals surface area contributed by atoms with Gasteiger partial charge in [-0.1, -0.05) is 91.0 Å². The Bertz CT molecular complexity index is 806. The molecular formula is C25H28O6. The van der Waals surface area contributed by atoms with Crippen molar-refractivity contribution in [1.29, 1.82) is 0 Å². The highest BCUT2D eigenvalue weighted by molar-refractivity contribution is 5.47. The third kappa shape index (κ3) is 5.02. The first-order chi connectivity index (χ1) is 15.0. The van der Waals surface area contributed by atoms with Gasteiger partial charge in [0.25, 0.3) is 0 Å². The van der Waals surface area contributed by atoms with Crippen molar-refractivity contribution in [2.24, 2.45) is 0 Å². The summed E-state index contributed by atoms with van der Waals surface area (Å²) in [6.45, 7) is -1.08. The summed E-state index contributed by atoms with van der Waals surface area (Å²) in [4.78, 5) is 0. The van der Waals surface area contributed by atoms with Crippen LogP contribution in [0.4, 0.5) is 0 Å². The molecule has 0 bridgehead atoms. The minimum absolute atomic E-state index is 0.338. The Morgan fingerprint density at radius 3 is 1.29 bits per heavy atom. The summed E-state index contributed by atoms with van der Waals surface area (Å²) in [7, 11) is 0. The molecule has 3 rings (SSSR count). The molecule has 0 saturated heterocycles. The predicted molar refractivity (Wildman–Crippen MR) is 116 cm³/mol. The standard InChI is InChI=1S/C25H28O6/c26-16-21(27)23(29)24(30)22(28)17-31-25(18-10-4-1-5-11-18,19-12-6-2-7-13-19)20-14-8-3-9-15-20/h1-15,21-24,26-30H,16-17H2/t21-,22+,23-,24-/m1/s1. The maximum Gasteiger partial charge on any atom is 0.143 e. The van der Waals surface area contributed by atoms with E-state index in [4.69, 9.17) is 9.84 Å². The maximum atomic E-state index is 10.5. The Kier molecular flexibility index (Phi) is 7.92. The van der Waals surface area contributed by atoms with Crippen molar-refractivity contribution in [3.63, 3.8) is 0 Å². The molecule has 0 saturated carbocycles. The van der Waals surface area contributed by atoms with E-state index in [1.165, 1.54) is 0 Å². The molecule has 164 valence electrons. The lowest BCUT2D eigenvalue weighted by Crippen LogP contribution is -2.48. The quantitative estimate of drug-likeness (QED) is 0.315. The van der Waals surface area contributed by atoms with Crippen LogP contribution in [0, 0.1) is 0 Å². The normalized spacial score (nSPS) is 15.8. The zero-order valence-corrected chi connectivity index (χ0v) is 17.0. The predicted octanol–water partition coefficient (Wildman–Crippen LogP) is 1.43. The highest BCUT2D eigenvalue weighted by atomic mass is 16.5. The van der Waals surface area contributed by atoms with Gasteiger partial charge < -0.3 is 30.3 Å². The molecule has 6 heteroatoms. The number of ether oxygens (including phenoxy) is 1. The van der Waals surface area contributed by atoms with Crippen molar-refractivity contribution in [1.82, 2.24) is 0 Å². The minimum atomic E-state index is -1.72. The largest absolute Gasteiger partial charge is 0.394 e. The highest BCUT2D eigenvalue weighted by Gasteiger charge is 2.39. The molecule has 31 heavy (non-hydrogen) atoms. The number of aliphatic hydroxyl groups excluding tert-OH is 5. The summed E-state index contributed by atoms with van der Waals surface area (Å²) in [5.41, 5.74) is 1.38. The second kappa shape index (κ2) is 10.6. The number of aliphatic hydroxyl groups is 5. The van der Waals surface area contributed by atoms with Crippen molar-refractivity contribution in [2.75, 3.05) is 13.2 Å². The Labute approximate surface area is 181 Å². The Balaban J connectivity index is 2.02. The smallest absolute Gasteiger partial charge is 0.143 e. The molecule has 6 nitrogen and oxygen atoms in total. The van der Waals surface area contributed by atoms with E-state index in [9.17, 15) is 20.4 Å². The van der Waals surface area contributed by atoms with Gasteiger partial charge >= 0.3 is 0 Å². The fraction of sp³-hybridized carbons (Fsp3) is 0.280. The first kappa shape index (κ1) is 23.1. The lowest BCUT2D eigenvalue weighted by atomic mass is 9.80. The van der Waals surface area contributed by atoms with Gasteiger partial charge in [-0.05, 0) is 16.7 Å². The van der Waals surface area contributed by atoms with E-state index < -0.39 is 36.6 Å². The van der Waals surface area contributed by atoms with Gasteiger partial charge in [0.2, 0.25) is 0 Å². The summed E-state index contributed by atoms with van der Waals surface area (Å²) in [5, 5.41) is 49.3. The summed E-state index contributed by atoms with van der Waals surface area (Å²) in [6, 6.07) is 28.6. The molecule has 0 aliphatic carbocycles. The first-order valence-electron chi connectivity index (χ1n) is 10.1. The molecule has 0 unspecified atom stereocenters. The third-order valence-corrected chi connectivity index (χ3v) is 5.34. The van der Waals surface area contributed by atoms with E-state index in [1.807, 2.05) is 91.0 Å². The SMILES string of the molecule is OC[C@@H](O)[C@@H](O)[C@H](O)[C@@H](O)COC(c1ccccc1)(c1ccccc1)c1ccccc1. The van der Waals surface area contributed by atoms with Crippen molar-refractivity contribution in [3.8, 4) is 0 Å². The molecule has 0 amide bonds. The van der Waals surface area contributed by atoms with E-state index in [1.54, 1.807) is 0 Å². The van der Waals surface area contributed by atoms with Gasteiger partial charge in [0.15, 0.2) is 0 Å². The van der Waals surface area contributed by atoms with E-state index in [2.05, 4.69) is 0 Å². The third-order valence-electron chi connectivity index (χ3n) is 5.34. The maximum absolute atomic E-state index is 10.5. The van der Waals surface area contributed by atoms with Crippen LogP contribution in [0.25, 0.3) is 0 Å². The van der Waals surface area contributed by atoms with Crippen LogP contribution in [-0.4, -0.2) is 63.2 Å². The summed E-state index contributed by atoms with van der Waals surface area (Å²) >= 11 is 0. The van der Waals surface area contributed by atoms with E-state index in [0.717, 1.165) is 16.7 Å². The first-order valence-corrected chi connectivity index (χ1v) is 10.1. The summed E-state index contributed by atoms with van der Waals surface area (Å²) in [5.74, 6) is 0. The number of hydrogen-bond donors (Lipinski definition) is 5. The Morgan fingerprint density at radius 1 is 0.581 bits per heavy atom. The van der Waals surface area contributed by atoms with E-state index >= 15 is 0 Å². The summed E-state index contributed by atoms with van der Waals surface area (Å²) in [6.07, 6.45) is -6.51. The number of hydrogen-bond acceptors (Lipinski definition) is 6. The van der Waals surface area contributed by atoms with Crippen LogP contribution in [0.2, 0.25) is 0 Å². The van der Waals surface area contributed by atoms with E-state index in [0.29, 0.717) is 0 Å². The minimum Gasteiger partial charge on any atom is -0.394 e. The van der Waals surface area contributed by atoms with Crippen molar-refractivity contribution < 1.29 is 30.3 Å². The molecule has 0 aromatic heterocycles. The van der Waals surface area contributed by atoms with Crippen LogP contribution < -0.4 is 0 Å². The van der Waals surface area contributed by atoms with Crippen LogP contribution in [0.3, 0.4) is 0 Å². The van der Waals surface area contributed by atoms with Gasteiger partial charge in [0.1, 0.15) is 30.0 Å². The molecule has 0 heterocycles. The average Bonchev–Trinajstić information content (AvgIpc) is 2.84. The van der Waals surface area contributed by atoms with Crippen molar-refractivity contribution >= 4 is 0 Å². The van der Waals surface area contributed by atoms with Crippen LogP contribution in [0.5, 0.6) is 0 Å². The Hall–Kier alpha value is -2.58. The zero-order chi connectivity index (χ0) is 22.3. The molecule has 0 fully saturated rings. The second-order valence-corrected chi connectivity index (χ2v) is 7.39. The molecule has 3 aromatic carbocycles. The highest BCUT2D eigenvalue weighted by Crippen LogP contribution is 2.40. The van der Waals surface area contributed by atoms with E-state index in [-0.39, 0.29) is 6.61 Å². The lowest BCUT2D eigenvalue weighted by Gasteiger charge is -2.37. The molecule has 3 aromatic rings. The van der Waals surface area contributed by atoms with Gasteiger partial charge in [-0.25, -0.2) is 0 Å². The van der Waals surface area contributed by atoms with Crippen LogP contribution in [-0.2, 0) is 10.3 Å². The van der Waals surface area contributed by atoms with Crippen LogP contribution in [0.15, 0.2) is 91.0 Å². The van der Waals surface area contributed by atoms with Gasteiger partial charge in [0.05, 0.1) is 13.2 Å². The molecule has 5 N–H and O–H groups in total. The fourth-order valence-corrected chi connectivity index (χ4v) is 3.64. The zero-order valence-electron chi connectivity index (χ0n) is 17.0. The fourth-order valence-electron chi connectivity index (χ4n) is 3.64. The van der Waals surface area contributed by atoms with Gasteiger partial charge in [-0.2, -0.15) is 0 Å².